The first-order chi connectivity index (χ1) is 12.6. The van der Waals surface area contributed by atoms with Gasteiger partial charge in [-0.25, -0.2) is 4.79 Å². The molecule has 0 saturated heterocycles. The predicted octanol–water partition coefficient (Wildman–Crippen LogP) is 4.69. The van der Waals surface area contributed by atoms with Crippen LogP contribution in [0.2, 0.25) is 0 Å². The lowest BCUT2D eigenvalue weighted by atomic mass is 10.2. The number of amides is 2. The van der Waals surface area contributed by atoms with E-state index >= 15 is 0 Å². The fourth-order valence-corrected chi connectivity index (χ4v) is 2.25. The van der Waals surface area contributed by atoms with Gasteiger partial charge in [0.15, 0.2) is 0 Å². The Morgan fingerprint density at radius 3 is 2.08 bits per heavy atom. The summed E-state index contributed by atoms with van der Waals surface area (Å²) in [5.41, 5.74) is 1.76. The molecule has 0 aliphatic carbocycles. The fraction of sp³-hybridized carbons (Fsp3) is 0.300. The molecule has 0 spiro atoms. The third-order valence-corrected chi connectivity index (χ3v) is 3.71. The molecule has 138 valence electrons. The number of hydrogen-bond donors (Lipinski definition) is 2. The van der Waals surface area contributed by atoms with Crippen molar-refractivity contribution in [3.8, 4) is 5.75 Å². The molecule has 2 aromatic carbocycles. The standard InChI is InChI=1S/C20H24N2O4/c1-3-4-5-14-26-18-12-6-15(7-13-18)19(23)21-16-8-10-17(11-9-16)22-20(24)25-2/h6-13H,3-5,14H2,1-2H3,(H,21,23)(H,22,24). The minimum Gasteiger partial charge on any atom is -0.494 e. The monoisotopic (exact) mass is 356 g/mol. The maximum absolute atomic E-state index is 12.3. The van der Waals surface area contributed by atoms with Crippen LogP contribution >= 0.6 is 0 Å². The zero-order valence-corrected chi connectivity index (χ0v) is 15.1. The lowest BCUT2D eigenvalue weighted by molar-refractivity contribution is 0.102. The summed E-state index contributed by atoms with van der Waals surface area (Å²) in [6, 6.07) is 13.8. The highest BCUT2D eigenvalue weighted by molar-refractivity contribution is 6.04. The molecule has 0 heterocycles. The van der Waals surface area contributed by atoms with Crippen LogP contribution in [-0.2, 0) is 4.74 Å². The van der Waals surface area contributed by atoms with E-state index in [1.807, 2.05) is 0 Å². The van der Waals surface area contributed by atoms with E-state index in [1.54, 1.807) is 48.5 Å². The summed E-state index contributed by atoms with van der Waals surface area (Å²) >= 11 is 0. The van der Waals surface area contributed by atoms with E-state index in [-0.39, 0.29) is 5.91 Å². The molecule has 2 amide bonds. The van der Waals surface area contributed by atoms with E-state index in [1.165, 1.54) is 7.11 Å². The SMILES string of the molecule is CCCCCOc1ccc(C(=O)Nc2ccc(NC(=O)OC)cc2)cc1. The minimum absolute atomic E-state index is 0.212. The molecule has 2 rings (SSSR count). The Labute approximate surface area is 153 Å². The van der Waals surface area contributed by atoms with E-state index in [2.05, 4.69) is 22.3 Å². The van der Waals surface area contributed by atoms with E-state index in [0.29, 0.717) is 23.5 Å². The van der Waals surface area contributed by atoms with E-state index in [0.717, 1.165) is 25.0 Å². The fourth-order valence-electron chi connectivity index (χ4n) is 2.25. The van der Waals surface area contributed by atoms with E-state index < -0.39 is 6.09 Å². The normalized spacial score (nSPS) is 10.1. The quantitative estimate of drug-likeness (QED) is 0.673. The second kappa shape index (κ2) is 10.1. The van der Waals surface area contributed by atoms with Gasteiger partial charge in [0.05, 0.1) is 13.7 Å². The lowest BCUT2D eigenvalue weighted by Gasteiger charge is -2.09. The van der Waals surface area contributed by atoms with Crippen LogP contribution in [0.3, 0.4) is 0 Å². The van der Waals surface area contributed by atoms with Gasteiger partial charge < -0.3 is 14.8 Å². The highest BCUT2D eigenvalue weighted by Gasteiger charge is 2.07. The molecule has 0 aliphatic rings. The third kappa shape index (κ3) is 6.12. The predicted molar refractivity (Wildman–Crippen MR) is 102 cm³/mol. The minimum atomic E-state index is -0.543. The molecule has 6 heteroatoms. The van der Waals surface area contributed by atoms with Crippen LogP contribution in [0.5, 0.6) is 5.75 Å². The number of benzene rings is 2. The van der Waals surface area contributed by atoms with Crippen molar-refractivity contribution in [3.05, 3.63) is 54.1 Å². The summed E-state index contributed by atoms with van der Waals surface area (Å²) in [5, 5.41) is 5.36. The molecule has 0 radical (unpaired) electrons. The molecule has 0 saturated carbocycles. The molecule has 0 aliphatic heterocycles. The van der Waals surface area contributed by atoms with Crippen molar-refractivity contribution >= 4 is 23.4 Å². The Balaban J connectivity index is 1.87. The number of nitrogens with one attached hydrogen (secondary N) is 2. The summed E-state index contributed by atoms with van der Waals surface area (Å²) in [4.78, 5) is 23.4. The van der Waals surface area contributed by atoms with Crippen LogP contribution < -0.4 is 15.4 Å². The zero-order valence-electron chi connectivity index (χ0n) is 15.1. The molecular formula is C20H24N2O4. The average Bonchev–Trinajstić information content (AvgIpc) is 2.67. The van der Waals surface area contributed by atoms with Crippen molar-refractivity contribution < 1.29 is 19.1 Å². The van der Waals surface area contributed by atoms with Gasteiger partial charge in [0.2, 0.25) is 0 Å². The molecular weight excluding hydrogens is 332 g/mol. The van der Waals surface area contributed by atoms with Crippen LogP contribution in [0.1, 0.15) is 36.5 Å². The molecule has 0 bridgehead atoms. The second-order valence-electron chi connectivity index (χ2n) is 5.73. The highest BCUT2D eigenvalue weighted by atomic mass is 16.5. The van der Waals surface area contributed by atoms with Crippen molar-refractivity contribution in [3.63, 3.8) is 0 Å². The summed E-state index contributed by atoms with van der Waals surface area (Å²) in [6.07, 6.45) is 2.79. The summed E-state index contributed by atoms with van der Waals surface area (Å²) in [7, 11) is 1.30. The van der Waals surface area contributed by atoms with Crippen LogP contribution in [0.15, 0.2) is 48.5 Å². The number of hydrogen-bond acceptors (Lipinski definition) is 4. The number of carbonyl (C=O) groups excluding carboxylic acids is 2. The molecule has 6 nitrogen and oxygen atoms in total. The first-order valence-corrected chi connectivity index (χ1v) is 8.61. The summed E-state index contributed by atoms with van der Waals surface area (Å²) < 4.78 is 10.2. The molecule has 0 fully saturated rings. The topological polar surface area (TPSA) is 76.7 Å². The number of anilines is 2. The Kier molecular flexibility index (Phi) is 7.49. The Morgan fingerprint density at radius 1 is 0.885 bits per heavy atom. The Hall–Kier alpha value is -3.02. The van der Waals surface area contributed by atoms with Crippen molar-refractivity contribution in [2.75, 3.05) is 24.4 Å². The summed E-state index contributed by atoms with van der Waals surface area (Å²) in [5.74, 6) is 0.548. The first kappa shape index (κ1) is 19.3. The van der Waals surface area contributed by atoms with Gasteiger partial charge in [0.1, 0.15) is 5.75 Å². The number of ether oxygens (including phenoxy) is 2. The number of unbranched alkanes of at least 4 members (excludes halogenated alkanes) is 2. The highest BCUT2D eigenvalue weighted by Crippen LogP contribution is 2.17. The Morgan fingerprint density at radius 2 is 1.50 bits per heavy atom. The van der Waals surface area contributed by atoms with Gasteiger partial charge in [-0.1, -0.05) is 19.8 Å². The smallest absolute Gasteiger partial charge is 0.411 e. The van der Waals surface area contributed by atoms with Gasteiger partial charge in [-0.15, -0.1) is 0 Å². The zero-order chi connectivity index (χ0) is 18.8. The number of carbonyl (C=O) groups is 2. The van der Waals surface area contributed by atoms with Gasteiger partial charge in [0.25, 0.3) is 5.91 Å². The van der Waals surface area contributed by atoms with Crippen LogP contribution in [0, 0.1) is 0 Å². The molecule has 26 heavy (non-hydrogen) atoms. The third-order valence-electron chi connectivity index (χ3n) is 3.71. The van der Waals surface area contributed by atoms with E-state index in [4.69, 9.17) is 4.74 Å². The van der Waals surface area contributed by atoms with E-state index in [9.17, 15) is 9.59 Å². The largest absolute Gasteiger partial charge is 0.494 e. The van der Waals surface area contributed by atoms with Crippen molar-refractivity contribution in [2.24, 2.45) is 0 Å². The van der Waals surface area contributed by atoms with Crippen LogP contribution in [-0.4, -0.2) is 25.7 Å². The van der Waals surface area contributed by atoms with Crippen molar-refractivity contribution in [2.45, 2.75) is 26.2 Å². The molecule has 0 unspecified atom stereocenters. The van der Waals surface area contributed by atoms with Gasteiger partial charge in [-0.05, 0) is 55.0 Å². The number of methoxy groups -OCH3 is 1. The molecule has 2 N–H and O–H groups in total. The first-order valence-electron chi connectivity index (χ1n) is 8.61. The Bertz CT molecular complexity index is 712. The average molecular weight is 356 g/mol. The maximum atomic E-state index is 12.3. The lowest BCUT2D eigenvalue weighted by Crippen LogP contribution is -2.13. The van der Waals surface area contributed by atoms with Gasteiger partial charge in [-0.3, -0.25) is 10.1 Å². The second-order valence-corrected chi connectivity index (χ2v) is 5.73. The molecule has 0 atom stereocenters. The molecule has 2 aromatic rings. The van der Waals surface area contributed by atoms with Crippen molar-refractivity contribution in [1.82, 2.24) is 0 Å². The summed E-state index contributed by atoms with van der Waals surface area (Å²) in [6.45, 7) is 2.84. The molecule has 0 aromatic heterocycles. The van der Waals surface area contributed by atoms with Crippen molar-refractivity contribution in [1.29, 1.82) is 0 Å². The van der Waals surface area contributed by atoms with Gasteiger partial charge >= 0.3 is 6.09 Å². The van der Waals surface area contributed by atoms with Gasteiger partial charge in [0, 0.05) is 16.9 Å². The van der Waals surface area contributed by atoms with Crippen LogP contribution in [0.4, 0.5) is 16.2 Å². The van der Waals surface area contributed by atoms with Gasteiger partial charge in [-0.2, -0.15) is 0 Å². The number of rotatable bonds is 8. The van der Waals surface area contributed by atoms with Crippen LogP contribution in [0.25, 0.3) is 0 Å². The maximum Gasteiger partial charge on any atom is 0.411 e.